The summed E-state index contributed by atoms with van der Waals surface area (Å²) in [5, 5.41) is 4.05. The van der Waals surface area contributed by atoms with Gasteiger partial charge in [-0.25, -0.2) is 9.97 Å². The lowest BCUT2D eigenvalue weighted by atomic mass is 10.0. The van der Waals surface area contributed by atoms with Crippen molar-refractivity contribution in [2.45, 2.75) is 12.8 Å². The Morgan fingerprint density at radius 2 is 1.96 bits per heavy atom. The average Bonchev–Trinajstić information content (AvgIpc) is 2.70. The summed E-state index contributed by atoms with van der Waals surface area (Å²) in [6.45, 7) is 0.669. The van der Waals surface area contributed by atoms with Crippen LogP contribution in [-0.4, -0.2) is 22.4 Å². The van der Waals surface area contributed by atoms with E-state index in [4.69, 9.17) is 23.2 Å². The zero-order chi connectivity index (χ0) is 18.8. The zero-order valence-corrected chi connectivity index (χ0v) is 15.8. The first-order valence-electron chi connectivity index (χ1n) is 8.57. The number of nitrogens with zero attached hydrogens (tertiary/aromatic N) is 3. The van der Waals surface area contributed by atoms with E-state index in [2.05, 4.69) is 21.4 Å². The van der Waals surface area contributed by atoms with Crippen molar-refractivity contribution >= 4 is 46.4 Å². The summed E-state index contributed by atoms with van der Waals surface area (Å²) in [5.74, 6) is 0.139. The molecule has 0 saturated carbocycles. The highest BCUT2D eigenvalue weighted by atomic mass is 35.5. The lowest BCUT2D eigenvalue weighted by molar-refractivity contribution is 0.0980. The minimum atomic E-state index is -0.148. The summed E-state index contributed by atoms with van der Waals surface area (Å²) in [7, 11) is 0. The van der Waals surface area contributed by atoms with Crippen molar-refractivity contribution in [3.63, 3.8) is 0 Å². The predicted molar refractivity (Wildman–Crippen MR) is 108 cm³/mol. The Hall–Kier alpha value is -2.63. The number of carbonyl (C=O) groups excluding carboxylic acids is 1. The van der Waals surface area contributed by atoms with E-state index < -0.39 is 0 Å². The number of anilines is 3. The number of para-hydroxylation sites is 1. The van der Waals surface area contributed by atoms with Crippen molar-refractivity contribution in [1.29, 1.82) is 0 Å². The normalized spacial score (nSPS) is 13.2. The van der Waals surface area contributed by atoms with Crippen molar-refractivity contribution in [1.82, 2.24) is 9.97 Å². The maximum atomic E-state index is 13.0. The number of rotatable bonds is 3. The van der Waals surface area contributed by atoms with Gasteiger partial charge in [-0.3, -0.25) is 4.79 Å². The van der Waals surface area contributed by atoms with Crippen molar-refractivity contribution in [2.75, 3.05) is 16.8 Å². The van der Waals surface area contributed by atoms with Crippen LogP contribution in [0.5, 0.6) is 0 Å². The van der Waals surface area contributed by atoms with Crippen molar-refractivity contribution in [3.8, 4) is 0 Å². The lowest BCUT2D eigenvalue weighted by Crippen LogP contribution is -2.36. The van der Waals surface area contributed by atoms with E-state index in [1.807, 2.05) is 18.2 Å². The fourth-order valence-corrected chi connectivity index (χ4v) is 3.47. The average molecular weight is 399 g/mol. The number of carbonyl (C=O) groups is 1. The topological polar surface area (TPSA) is 58.1 Å². The molecule has 2 aromatic carbocycles. The van der Waals surface area contributed by atoms with Gasteiger partial charge in [0.2, 0.25) is 5.95 Å². The van der Waals surface area contributed by atoms with Gasteiger partial charge in [0.05, 0.1) is 10.7 Å². The van der Waals surface area contributed by atoms with Gasteiger partial charge in [0.25, 0.3) is 5.91 Å². The first-order chi connectivity index (χ1) is 13.1. The second-order valence-electron chi connectivity index (χ2n) is 6.20. The van der Waals surface area contributed by atoms with E-state index in [0.717, 1.165) is 18.5 Å². The summed E-state index contributed by atoms with van der Waals surface area (Å²) in [5.41, 5.74) is 3.02. The molecule has 1 aromatic heterocycles. The second-order valence-corrected chi connectivity index (χ2v) is 7.05. The van der Waals surface area contributed by atoms with Gasteiger partial charge in [0.1, 0.15) is 5.69 Å². The van der Waals surface area contributed by atoms with Crippen LogP contribution < -0.4 is 10.2 Å². The van der Waals surface area contributed by atoms with Crippen LogP contribution in [0.1, 0.15) is 22.5 Å². The van der Waals surface area contributed by atoms with Gasteiger partial charge in [-0.15, -0.1) is 0 Å². The van der Waals surface area contributed by atoms with Gasteiger partial charge < -0.3 is 10.2 Å². The third-order valence-electron chi connectivity index (χ3n) is 4.40. The highest BCUT2D eigenvalue weighted by Gasteiger charge is 2.24. The number of fused-ring (bicyclic) bond motifs is 1. The molecule has 5 nitrogen and oxygen atoms in total. The summed E-state index contributed by atoms with van der Waals surface area (Å²) >= 11 is 12.2. The maximum absolute atomic E-state index is 13.0. The Morgan fingerprint density at radius 3 is 2.85 bits per heavy atom. The molecule has 27 heavy (non-hydrogen) atoms. The molecule has 1 aliphatic heterocycles. The van der Waals surface area contributed by atoms with E-state index >= 15 is 0 Å². The number of amides is 1. The standard InChI is InChI=1S/C20H16Cl2N4O/c21-14-7-8-15(22)17(12-14)25-20-23-10-9-16(24-20)19(27)26-11-3-5-13-4-1-2-6-18(13)26/h1-2,4,6-10,12H,3,5,11H2,(H,23,24,25). The monoisotopic (exact) mass is 398 g/mol. The van der Waals surface area contributed by atoms with Crippen LogP contribution in [0.4, 0.5) is 17.3 Å². The van der Waals surface area contributed by atoms with Gasteiger partial charge in [-0.1, -0.05) is 41.4 Å². The summed E-state index contributed by atoms with van der Waals surface area (Å²) in [6, 6.07) is 14.6. The van der Waals surface area contributed by atoms with E-state index in [1.54, 1.807) is 35.4 Å². The highest BCUT2D eigenvalue weighted by Crippen LogP contribution is 2.29. The van der Waals surface area contributed by atoms with Crippen LogP contribution in [-0.2, 0) is 6.42 Å². The minimum Gasteiger partial charge on any atom is -0.323 e. The molecule has 0 bridgehead atoms. The number of halogens is 2. The van der Waals surface area contributed by atoms with E-state index in [1.165, 1.54) is 5.56 Å². The molecule has 1 amide bonds. The first kappa shape index (κ1) is 17.8. The molecule has 0 saturated heterocycles. The smallest absolute Gasteiger partial charge is 0.277 e. The third kappa shape index (κ3) is 3.75. The van der Waals surface area contributed by atoms with Crippen LogP contribution in [0.2, 0.25) is 10.0 Å². The van der Waals surface area contributed by atoms with Crippen LogP contribution in [0.25, 0.3) is 0 Å². The SMILES string of the molecule is O=C(c1ccnc(Nc2cc(Cl)ccc2Cl)n1)N1CCCc2ccccc21. The molecule has 0 fully saturated rings. The highest BCUT2D eigenvalue weighted by molar-refractivity contribution is 6.35. The van der Waals surface area contributed by atoms with Crippen molar-refractivity contribution in [2.24, 2.45) is 0 Å². The molecular weight excluding hydrogens is 383 g/mol. The molecule has 0 unspecified atom stereocenters. The number of hydrogen-bond donors (Lipinski definition) is 1. The third-order valence-corrected chi connectivity index (χ3v) is 4.97. The largest absolute Gasteiger partial charge is 0.323 e. The quantitative estimate of drug-likeness (QED) is 0.664. The Morgan fingerprint density at radius 1 is 1.11 bits per heavy atom. The first-order valence-corrected chi connectivity index (χ1v) is 9.32. The minimum absolute atomic E-state index is 0.148. The number of benzene rings is 2. The van der Waals surface area contributed by atoms with Gasteiger partial charge in [-0.2, -0.15) is 0 Å². The van der Waals surface area contributed by atoms with Gasteiger partial charge in [0, 0.05) is 23.5 Å². The van der Waals surface area contributed by atoms with Crippen LogP contribution in [0.3, 0.4) is 0 Å². The molecular formula is C20H16Cl2N4O. The summed E-state index contributed by atoms with van der Waals surface area (Å²) in [4.78, 5) is 23.4. The molecule has 1 aliphatic rings. The summed E-state index contributed by atoms with van der Waals surface area (Å²) < 4.78 is 0. The number of nitrogens with one attached hydrogen (secondary N) is 1. The van der Waals surface area contributed by atoms with Crippen molar-refractivity contribution < 1.29 is 4.79 Å². The Labute approximate surface area is 167 Å². The van der Waals surface area contributed by atoms with Gasteiger partial charge in [-0.05, 0) is 48.7 Å². The molecule has 0 atom stereocenters. The molecule has 0 aliphatic carbocycles. The second kappa shape index (κ2) is 7.55. The Kier molecular flexibility index (Phi) is 4.97. The van der Waals surface area contributed by atoms with E-state index in [0.29, 0.717) is 28.0 Å². The maximum Gasteiger partial charge on any atom is 0.277 e. The Balaban J connectivity index is 1.61. The molecule has 1 N–H and O–H groups in total. The fourth-order valence-electron chi connectivity index (χ4n) is 3.13. The van der Waals surface area contributed by atoms with Crippen LogP contribution in [0, 0.1) is 0 Å². The summed E-state index contributed by atoms with van der Waals surface area (Å²) in [6.07, 6.45) is 3.46. The number of hydrogen-bond acceptors (Lipinski definition) is 4. The fraction of sp³-hybridized carbons (Fsp3) is 0.150. The molecule has 2 heterocycles. The molecule has 136 valence electrons. The molecule has 4 rings (SSSR count). The Bertz CT molecular complexity index is 1010. The number of aryl methyl sites for hydroxylation is 1. The molecule has 7 heteroatoms. The van der Waals surface area contributed by atoms with E-state index in [9.17, 15) is 4.79 Å². The zero-order valence-electron chi connectivity index (χ0n) is 14.3. The lowest BCUT2D eigenvalue weighted by Gasteiger charge is -2.29. The predicted octanol–water partition coefficient (Wildman–Crippen LogP) is 5.12. The van der Waals surface area contributed by atoms with Crippen LogP contribution in [0.15, 0.2) is 54.7 Å². The van der Waals surface area contributed by atoms with Gasteiger partial charge in [0.15, 0.2) is 0 Å². The van der Waals surface area contributed by atoms with Gasteiger partial charge >= 0.3 is 0 Å². The van der Waals surface area contributed by atoms with Crippen LogP contribution >= 0.6 is 23.2 Å². The molecule has 0 spiro atoms. The molecule has 0 radical (unpaired) electrons. The molecule has 3 aromatic rings. The van der Waals surface area contributed by atoms with Crippen molar-refractivity contribution in [3.05, 3.63) is 76.0 Å². The van der Waals surface area contributed by atoms with E-state index in [-0.39, 0.29) is 11.9 Å². The number of aromatic nitrogens is 2.